The van der Waals surface area contributed by atoms with Gasteiger partial charge in [-0.3, -0.25) is 9.59 Å². The monoisotopic (exact) mass is 406 g/mol. The standard InChI is InChI=1S/C20H23ClN2O3S/c1-12-5-7-15(8-6-12)22-19(24)11-27-14(3)20(25)23-17-9-13(2)16(21)10-18(17)26-4/h5-10,14H,11H2,1-4H3,(H,22,24)(H,23,25). The van der Waals surface area contributed by atoms with Crippen LogP contribution in [0.15, 0.2) is 36.4 Å². The number of halogens is 1. The van der Waals surface area contributed by atoms with Crippen LogP contribution in [-0.2, 0) is 9.59 Å². The second-order valence-electron chi connectivity index (χ2n) is 6.16. The highest BCUT2D eigenvalue weighted by atomic mass is 35.5. The van der Waals surface area contributed by atoms with Crippen LogP contribution < -0.4 is 15.4 Å². The number of carbonyl (C=O) groups is 2. The van der Waals surface area contributed by atoms with E-state index in [0.717, 1.165) is 16.8 Å². The summed E-state index contributed by atoms with van der Waals surface area (Å²) in [6, 6.07) is 11.0. The van der Waals surface area contributed by atoms with E-state index < -0.39 is 5.25 Å². The van der Waals surface area contributed by atoms with Crippen molar-refractivity contribution in [2.45, 2.75) is 26.0 Å². The zero-order valence-electron chi connectivity index (χ0n) is 15.8. The molecule has 144 valence electrons. The van der Waals surface area contributed by atoms with Gasteiger partial charge in [0.1, 0.15) is 5.75 Å². The van der Waals surface area contributed by atoms with Gasteiger partial charge in [0, 0.05) is 16.8 Å². The maximum atomic E-state index is 12.4. The fourth-order valence-corrected chi connectivity index (χ4v) is 3.11. The van der Waals surface area contributed by atoms with Gasteiger partial charge < -0.3 is 15.4 Å². The third-order valence-corrected chi connectivity index (χ3v) is 5.46. The second kappa shape index (κ2) is 9.67. The highest BCUT2D eigenvalue weighted by molar-refractivity contribution is 8.01. The van der Waals surface area contributed by atoms with Gasteiger partial charge in [0.2, 0.25) is 11.8 Å². The molecule has 2 amide bonds. The number of benzene rings is 2. The van der Waals surface area contributed by atoms with Crippen LogP contribution in [-0.4, -0.2) is 29.9 Å². The Labute approximate surface area is 168 Å². The zero-order valence-corrected chi connectivity index (χ0v) is 17.3. The molecule has 1 unspecified atom stereocenters. The van der Waals surface area contributed by atoms with Gasteiger partial charge in [0.15, 0.2) is 0 Å². The predicted octanol–water partition coefficient (Wildman–Crippen LogP) is 4.66. The van der Waals surface area contributed by atoms with Crippen molar-refractivity contribution < 1.29 is 14.3 Å². The molecule has 0 saturated heterocycles. The number of carbonyl (C=O) groups excluding carboxylic acids is 2. The third kappa shape index (κ3) is 6.19. The highest BCUT2D eigenvalue weighted by Gasteiger charge is 2.18. The average Bonchev–Trinajstić information content (AvgIpc) is 2.64. The molecule has 7 heteroatoms. The lowest BCUT2D eigenvalue weighted by molar-refractivity contribution is -0.115. The Morgan fingerprint density at radius 1 is 1.15 bits per heavy atom. The molecule has 0 spiro atoms. The molecule has 1 atom stereocenters. The lowest BCUT2D eigenvalue weighted by Crippen LogP contribution is -2.25. The van der Waals surface area contributed by atoms with Crippen LogP contribution >= 0.6 is 23.4 Å². The Bertz CT molecular complexity index is 825. The Morgan fingerprint density at radius 2 is 1.81 bits per heavy atom. The molecule has 2 aromatic carbocycles. The quantitative estimate of drug-likeness (QED) is 0.701. The Hall–Kier alpha value is -2.18. The maximum absolute atomic E-state index is 12.4. The molecule has 5 nitrogen and oxygen atoms in total. The summed E-state index contributed by atoms with van der Waals surface area (Å²) in [4.78, 5) is 24.5. The van der Waals surface area contributed by atoms with Crippen LogP contribution in [0, 0.1) is 13.8 Å². The molecule has 0 heterocycles. The van der Waals surface area contributed by atoms with E-state index in [1.54, 1.807) is 19.1 Å². The van der Waals surface area contributed by atoms with Gasteiger partial charge in [-0.15, -0.1) is 11.8 Å². The molecule has 2 aromatic rings. The lowest BCUT2D eigenvalue weighted by atomic mass is 10.2. The van der Waals surface area contributed by atoms with E-state index in [2.05, 4.69) is 10.6 Å². The molecule has 27 heavy (non-hydrogen) atoms. The summed E-state index contributed by atoms with van der Waals surface area (Å²) >= 11 is 7.35. The lowest BCUT2D eigenvalue weighted by Gasteiger charge is -2.15. The van der Waals surface area contributed by atoms with Crippen LogP contribution in [0.3, 0.4) is 0 Å². The first kappa shape index (κ1) is 21.1. The predicted molar refractivity (Wildman–Crippen MR) is 113 cm³/mol. The minimum atomic E-state index is -0.408. The van der Waals surface area contributed by atoms with Gasteiger partial charge in [0.25, 0.3) is 0 Å². The summed E-state index contributed by atoms with van der Waals surface area (Å²) in [5.41, 5.74) is 3.26. The zero-order chi connectivity index (χ0) is 20.0. The fraction of sp³-hybridized carbons (Fsp3) is 0.300. The van der Waals surface area contributed by atoms with Gasteiger partial charge in [-0.1, -0.05) is 29.3 Å². The van der Waals surface area contributed by atoms with E-state index in [0.29, 0.717) is 16.5 Å². The molecular weight excluding hydrogens is 384 g/mol. The van der Waals surface area contributed by atoms with Crippen molar-refractivity contribution in [3.63, 3.8) is 0 Å². The molecule has 0 aliphatic rings. The van der Waals surface area contributed by atoms with E-state index in [1.807, 2.05) is 38.1 Å². The molecular formula is C20H23ClN2O3S. The molecule has 0 bridgehead atoms. The van der Waals surface area contributed by atoms with Crippen LogP contribution in [0.25, 0.3) is 0 Å². The van der Waals surface area contributed by atoms with Gasteiger partial charge in [-0.05, 0) is 44.5 Å². The Balaban J connectivity index is 1.89. The van der Waals surface area contributed by atoms with Crippen molar-refractivity contribution in [2.75, 3.05) is 23.5 Å². The number of rotatable bonds is 7. The van der Waals surface area contributed by atoms with E-state index >= 15 is 0 Å². The maximum Gasteiger partial charge on any atom is 0.237 e. The smallest absolute Gasteiger partial charge is 0.237 e. The molecule has 2 N–H and O–H groups in total. The van der Waals surface area contributed by atoms with E-state index in [-0.39, 0.29) is 17.6 Å². The summed E-state index contributed by atoms with van der Waals surface area (Å²) < 4.78 is 5.26. The van der Waals surface area contributed by atoms with Crippen LogP contribution in [0.4, 0.5) is 11.4 Å². The number of ether oxygens (including phenoxy) is 1. The number of aryl methyl sites for hydroxylation is 2. The number of hydrogen-bond acceptors (Lipinski definition) is 4. The van der Waals surface area contributed by atoms with Crippen LogP contribution in [0.1, 0.15) is 18.1 Å². The van der Waals surface area contributed by atoms with Crippen molar-refractivity contribution in [3.8, 4) is 5.75 Å². The Morgan fingerprint density at radius 3 is 2.44 bits per heavy atom. The van der Waals surface area contributed by atoms with E-state index in [9.17, 15) is 9.59 Å². The van der Waals surface area contributed by atoms with Crippen molar-refractivity contribution in [3.05, 3.63) is 52.5 Å². The summed E-state index contributed by atoms with van der Waals surface area (Å²) in [7, 11) is 1.52. The first-order valence-electron chi connectivity index (χ1n) is 8.43. The number of thioether (sulfide) groups is 1. The van der Waals surface area contributed by atoms with Gasteiger partial charge in [-0.25, -0.2) is 0 Å². The topological polar surface area (TPSA) is 67.4 Å². The summed E-state index contributed by atoms with van der Waals surface area (Å²) in [6.07, 6.45) is 0. The Kier molecular flexibility index (Phi) is 7.56. The minimum Gasteiger partial charge on any atom is -0.495 e. The number of methoxy groups -OCH3 is 1. The van der Waals surface area contributed by atoms with Gasteiger partial charge in [-0.2, -0.15) is 0 Å². The number of anilines is 2. The van der Waals surface area contributed by atoms with Crippen molar-refractivity contribution in [1.29, 1.82) is 0 Å². The molecule has 0 aliphatic carbocycles. The molecule has 2 rings (SSSR count). The third-order valence-electron chi connectivity index (χ3n) is 3.91. The average molecular weight is 407 g/mol. The molecule has 0 fully saturated rings. The summed E-state index contributed by atoms with van der Waals surface area (Å²) in [6.45, 7) is 5.60. The van der Waals surface area contributed by atoms with E-state index in [1.165, 1.54) is 18.9 Å². The summed E-state index contributed by atoms with van der Waals surface area (Å²) in [5, 5.41) is 5.81. The summed E-state index contributed by atoms with van der Waals surface area (Å²) in [5.74, 6) is 0.319. The van der Waals surface area contributed by atoms with Gasteiger partial charge >= 0.3 is 0 Å². The van der Waals surface area contributed by atoms with Gasteiger partial charge in [0.05, 0.1) is 23.8 Å². The molecule has 0 radical (unpaired) electrons. The van der Waals surface area contributed by atoms with E-state index in [4.69, 9.17) is 16.3 Å². The normalized spacial score (nSPS) is 11.6. The SMILES string of the molecule is COc1cc(Cl)c(C)cc1NC(=O)C(C)SCC(=O)Nc1ccc(C)cc1. The largest absolute Gasteiger partial charge is 0.495 e. The number of amides is 2. The van der Waals surface area contributed by atoms with Crippen molar-refractivity contribution >= 4 is 46.6 Å². The van der Waals surface area contributed by atoms with Crippen molar-refractivity contribution in [1.82, 2.24) is 0 Å². The minimum absolute atomic E-state index is 0.150. The van der Waals surface area contributed by atoms with Crippen molar-refractivity contribution in [2.24, 2.45) is 0 Å². The number of hydrogen-bond donors (Lipinski definition) is 2. The molecule has 0 saturated carbocycles. The fourth-order valence-electron chi connectivity index (χ4n) is 2.27. The molecule has 0 aromatic heterocycles. The second-order valence-corrected chi connectivity index (χ2v) is 7.89. The number of nitrogens with one attached hydrogen (secondary N) is 2. The molecule has 0 aliphatic heterocycles. The first-order valence-corrected chi connectivity index (χ1v) is 9.86. The van der Waals surface area contributed by atoms with Crippen LogP contribution in [0.2, 0.25) is 5.02 Å². The first-order chi connectivity index (χ1) is 12.8. The van der Waals surface area contributed by atoms with Crippen LogP contribution in [0.5, 0.6) is 5.75 Å². The highest BCUT2D eigenvalue weighted by Crippen LogP contribution is 2.31.